The number of nitrogens with zero attached hydrogens (tertiary/aromatic N) is 3. The fraction of sp³-hybridized carbons (Fsp3) is 0.444. The number of benzene rings is 1. The molecule has 1 saturated heterocycles. The van der Waals surface area contributed by atoms with Crippen LogP contribution in [0.15, 0.2) is 24.3 Å². The van der Waals surface area contributed by atoms with Crippen molar-refractivity contribution in [2.24, 2.45) is 0 Å². The quantitative estimate of drug-likeness (QED) is 0.858. The van der Waals surface area contributed by atoms with Gasteiger partial charge in [0.2, 0.25) is 0 Å². The molecule has 3 rings (SSSR count). The van der Waals surface area contributed by atoms with Crippen LogP contribution < -0.4 is 4.90 Å². The Morgan fingerprint density at radius 1 is 1.22 bits per heavy atom. The molecular formula is C18H22ClN3O. The molecule has 0 spiro atoms. The van der Waals surface area contributed by atoms with Gasteiger partial charge in [0.05, 0.1) is 6.10 Å². The first-order valence-corrected chi connectivity index (χ1v) is 8.31. The van der Waals surface area contributed by atoms with E-state index >= 15 is 0 Å². The molecule has 1 aromatic carbocycles. The fourth-order valence-corrected chi connectivity index (χ4v) is 3.23. The average molecular weight is 332 g/mol. The normalized spacial score (nSPS) is 17.7. The summed E-state index contributed by atoms with van der Waals surface area (Å²) in [5, 5.41) is 0.758. The molecule has 23 heavy (non-hydrogen) atoms. The topological polar surface area (TPSA) is 38.2 Å². The van der Waals surface area contributed by atoms with Crippen LogP contribution >= 0.6 is 11.6 Å². The first-order valence-electron chi connectivity index (χ1n) is 7.93. The van der Waals surface area contributed by atoms with E-state index in [1.807, 2.05) is 19.1 Å². The first kappa shape index (κ1) is 16.2. The van der Waals surface area contributed by atoms with Gasteiger partial charge in [-0.1, -0.05) is 23.7 Å². The van der Waals surface area contributed by atoms with E-state index in [0.717, 1.165) is 48.3 Å². The second-order valence-electron chi connectivity index (χ2n) is 6.05. The molecule has 5 heteroatoms. The van der Waals surface area contributed by atoms with Crippen molar-refractivity contribution in [2.45, 2.75) is 32.8 Å². The lowest BCUT2D eigenvalue weighted by atomic mass is 10.0. The fourth-order valence-electron chi connectivity index (χ4n) is 3.11. The highest BCUT2D eigenvalue weighted by atomic mass is 35.5. The maximum absolute atomic E-state index is 5.99. The molecule has 0 bridgehead atoms. The van der Waals surface area contributed by atoms with Crippen molar-refractivity contribution in [3.8, 4) is 0 Å². The SMILES string of the molecule is COC1CCN(c2nc(C)nc(C)c2Cc2ccc(Cl)cc2)C1. The van der Waals surface area contributed by atoms with Crippen LogP contribution in [0, 0.1) is 13.8 Å². The summed E-state index contributed by atoms with van der Waals surface area (Å²) in [6.45, 7) is 5.88. The molecule has 0 radical (unpaired) electrons. The third-order valence-electron chi connectivity index (χ3n) is 4.38. The first-order chi connectivity index (χ1) is 11.1. The number of ether oxygens (including phenoxy) is 1. The maximum atomic E-state index is 5.99. The van der Waals surface area contributed by atoms with Crippen LogP contribution in [0.25, 0.3) is 0 Å². The predicted molar refractivity (Wildman–Crippen MR) is 93.4 cm³/mol. The van der Waals surface area contributed by atoms with Crippen molar-refractivity contribution in [3.63, 3.8) is 0 Å². The van der Waals surface area contributed by atoms with Crippen molar-refractivity contribution < 1.29 is 4.74 Å². The number of methoxy groups -OCH3 is 1. The minimum Gasteiger partial charge on any atom is -0.380 e. The molecular weight excluding hydrogens is 310 g/mol. The van der Waals surface area contributed by atoms with E-state index in [4.69, 9.17) is 21.3 Å². The Balaban J connectivity index is 1.93. The summed E-state index contributed by atoms with van der Waals surface area (Å²) in [5.41, 5.74) is 3.45. The predicted octanol–water partition coefficient (Wildman–Crippen LogP) is 3.56. The second-order valence-corrected chi connectivity index (χ2v) is 6.49. The van der Waals surface area contributed by atoms with Crippen LogP contribution in [0.3, 0.4) is 0 Å². The van der Waals surface area contributed by atoms with Crippen molar-refractivity contribution >= 4 is 17.4 Å². The molecule has 2 aromatic rings. The van der Waals surface area contributed by atoms with Crippen LogP contribution in [0.5, 0.6) is 0 Å². The summed E-state index contributed by atoms with van der Waals surface area (Å²) in [4.78, 5) is 11.6. The Hall–Kier alpha value is -1.65. The molecule has 4 nitrogen and oxygen atoms in total. The summed E-state index contributed by atoms with van der Waals surface area (Å²) >= 11 is 5.99. The van der Waals surface area contributed by atoms with E-state index in [9.17, 15) is 0 Å². The highest BCUT2D eigenvalue weighted by molar-refractivity contribution is 6.30. The van der Waals surface area contributed by atoms with E-state index in [2.05, 4.69) is 28.9 Å². The molecule has 0 aliphatic carbocycles. The molecule has 1 aromatic heterocycles. The summed E-state index contributed by atoms with van der Waals surface area (Å²) in [7, 11) is 1.78. The largest absolute Gasteiger partial charge is 0.380 e. The van der Waals surface area contributed by atoms with Crippen LogP contribution in [-0.4, -0.2) is 36.3 Å². The van der Waals surface area contributed by atoms with Gasteiger partial charge < -0.3 is 9.64 Å². The molecule has 1 aliphatic rings. The maximum Gasteiger partial charge on any atom is 0.136 e. The van der Waals surface area contributed by atoms with Gasteiger partial charge in [0.15, 0.2) is 0 Å². The third-order valence-corrected chi connectivity index (χ3v) is 4.63. The number of hydrogen-bond donors (Lipinski definition) is 0. The van der Waals surface area contributed by atoms with Gasteiger partial charge in [0, 0.05) is 42.9 Å². The average Bonchev–Trinajstić information content (AvgIpc) is 3.00. The van der Waals surface area contributed by atoms with Crippen LogP contribution in [0.1, 0.15) is 29.1 Å². The molecule has 1 unspecified atom stereocenters. The Morgan fingerprint density at radius 2 is 1.96 bits per heavy atom. The molecule has 2 heterocycles. The third kappa shape index (κ3) is 3.65. The lowest BCUT2D eigenvalue weighted by Gasteiger charge is -2.22. The van der Waals surface area contributed by atoms with Gasteiger partial charge in [-0.25, -0.2) is 9.97 Å². The molecule has 122 valence electrons. The summed E-state index contributed by atoms with van der Waals surface area (Å²) in [5.74, 6) is 1.86. The van der Waals surface area contributed by atoms with Crippen LogP contribution in [-0.2, 0) is 11.2 Å². The van der Waals surface area contributed by atoms with Gasteiger partial charge in [0.25, 0.3) is 0 Å². The monoisotopic (exact) mass is 331 g/mol. The number of rotatable bonds is 4. The molecule has 1 atom stereocenters. The Kier molecular flexibility index (Phi) is 4.83. The second kappa shape index (κ2) is 6.85. The van der Waals surface area contributed by atoms with Gasteiger partial charge in [-0.2, -0.15) is 0 Å². The van der Waals surface area contributed by atoms with Crippen LogP contribution in [0.2, 0.25) is 5.02 Å². The summed E-state index contributed by atoms with van der Waals surface area (Å²) in [6, 6.07) is 7.98. The van der Waals surface area contributed by atoms with E-state index < -0.39 is 0 Å². The molecule has 0 amide bonds. The lowest BCUT2D eigenvalue weighted by Crippen LogP contribution is -2.25. The van der Waals surface area contributed by atoms with Crippen molar-refractivity contribution in [2.75, 3.05) is 25.1 Å². The highest BCUT2D eigenvalue weighted by Gasteiger charge is 2.26. The standard InChI is InChI=1S/C18H22ClN3O/c1-12-17(10-14-4-6-15(19)7-5-14)18(21-13(2)20-12)22-9-8-16(11-22)23-3/h4-7,16H,8-11H2,1-3H3. The summed E-state index contributed by atoms with van der Waals surface area (Å²) < 4.78 is 5.49. The minimum absolute atomic E-state index is 0.286. The Bertz CT molecular complexity index is 687. The van der Waals surface area contributed by atoms with E-state index in [0.29, 0.717) is 0 Å². The zero-order valence-corrected chi connectivity index (χ0v) is 14.6. The van der Waals surface area contributed by atoms with Gasteiger partial charge in [-0.3, -0.25) is 0 Å². The summed E-state index contributed by atoms with van der Waals surface area (Å²) in [6.07, 6.45) is 2.14. The minimum atomic E-state index is 0.286. The van der Waals surface area contributed by atoms with Crippen molar-refractivity contribution in [1.82, 2.24) is 9.97 Å². The molecule has 1 aliphatic heterocycles. The van der Waals surface area contributed by atoms with E-state index in [1.54, 1.807) is 7.11 Å². The zero-order chi connectivity index (χ0) is 16.4. The Morgan fingerprint density at radius 3 is 2.61 bits per heavy atom. The van der Waals surface area contributed by atoms with Crippen LogP contribution in [0.4, 0.5) is 5.82 Å². The lowest BCUT2D eigenvalue weighted by molar-refractivity contribution is 0.121. The van der Waals surface area contributed by atoms with Gasteiger partial charge in [-0.15, -0.1) is 0 Å². The smallest absolute Gasteiger partial charge is 0.136 e. The van der Waals surface area contributed by atoms with Gasteiger partial charge in [0.1, 0.15) is 11.6 Å². The number of anilines is 1. The number of hydrogen-bond acceptors (Lipinski definition) is 4. The number of aryl methyl sites for hydroxylation is 2. The van der Waals surface area contributed by atoms with E-state index in [1.165, 1.54) is 11.1 Å². The van der Waals surface area contributed by atoms with Gasteiger partial charge in [-0.05, 0) is 38.0 Å². The van der Waals surface area contributed by atoms with Gasteiger partial charge >= 0.3 is 0 Å². The van der Waals surface area contributed by atoms with Crippen molar-refractivity contribution in [3.05, 3.63) is 51.9 Å². The van der Waals surface area contributed by atoms with Crippen molar-refractivity contribution in [1.29, 1.82) is 0 Å². The highest BCUT2D eigenvalue weighted by Crippen LogP contribution is 2.27. The Labute approximate surface area is 142 Å². The van der Waals surface area contributed by atoms with E-state index in [-0.39, 0.29) is 6.10 Å². The number of halogens is 1. The molecule has 0 saturated carbocycles. The molecule has 1 fully saturated rings. The zero-order valence-electron chi connectivity index (χ0n) is 13.8. The molecule has 0 N–H and O–H groups in total. The number of aromatic nitrogens is 2.